The van der Waals surface area contributed by atoms with Crippen LogP contribution in [0.25, 0.3) is 0 Å². The Morgan fingerprint density at radius 2 is 1.20 bits per heavy atom. The number of alkyl halides is 9. The molecule has 0 heterocycles. The Bertz CT molecular complexity index is 349. The van der Waals surface area contributed by atoms with Crippen LogP contribution in [0.15, 0.2) is 0 Å². The predicted octanol–water partition coefficient (Wildman–Crippen LogP) is 4.90. The maximum absolute atomic E-state index is 13.6. The number of hydrogen-bond donors (Lipinski definition) is 0. The van der Waals surface area contributed by atoms with Gasteiger partial charge >= 0.3 is 17.8 Å². The van der Waals surface area contributed by atoms with Crippen molar-refractivity contribution in [3.8, 4) is 0 Å². The highest BCUT2D eigenvalue weighted by atomic mass is 28.3. The first kappa shape index (κ1) is 19.6. The van der Waals surface area contributed by atoms with Crippen molar-refractivity contribution in [3.63, 3.8) is 0 Å². The molecule has 1 atom stereocenters. The molecule has 0 rings (SSSR count). The van der Waals surface area contributed by atoms with Crippen molar-refractivity contribution in [2.24, 2.45) is 0 Å². The molecular weight excluding hydrogens is 319 g/mol. The minimum absolute atomic E-state index is 0.101. The summed E-state index contributed by atoms with van der Waals surface area (Å²) in [4.78, 5) is 0. The van der Waals surface area contributed by atoms with E-state index in [9.17, 15) is 39.5 Å². The van der Waals surface area contributed by atoms with E-state index in [-0.39, 0.29) is 6.92 Å². The van der Waals surface area contributed by atoms with Gasteiger partial charge in [-0.1, -0.05) is 20.0 Å². The van der Waals surface area contributed by atoms with E-state index >= 15 is 0 Å². The maximum atomic E-state index is 13.6. The minimum atomic E-state index is -6.52. The fraction of sp³-hybridized carbons (Fsp3) is 0.900. The Balaban J connectivity index is 5.98. The molecule has 0 aromatic heterocycles. The summed E-state index contributed by atoms with van der Waals surface area (Å²) in [5.74, 6) is -18.8. The van der Waals surface area contributed by atoms with Gasteiger partial charge in [0.2, 0.25) is 0 Å². The van der Waals surface area contributed by atoms with E-state index < -0.39 is 37.6 Å². The van der Waals surface area contributed by atoms with Gasteiger partial charge in [0.1, 0.15) is 8.07 Å². The Hall–Kier alpha value is -0.413. The highest BCUT2D eigenvalue weighted by Gasteiger charge is 2.83. The van der Waals surface area contributed by atoms with Crippen molar-refractivity contribution in [2.75, 3.05) is 0 Å². The van der Waals surface area contributed by atoms with Crippen molar-refractivity contribution in [1.29, 1.82) is 0 Å². The van der Waals surface area contributed by atoms with E-state index in [1.54, 1.807) is 0 Å². The van der Waals surface area contributed by atoms with E-state index in [0.717, 1.165) is 6.92 Å². The normalized spacial score (nSPS) is 17.2. The van der Waals surface area contributed by atoms with Crippen molar-refractivity contribution >= 4 is 8.07 Å². The molecule has 0 aromatic carbocycles. The van der Waals surface area contributed by atoms with Gasteiger partial charge in [0.05, 0.1) is 0 Å². The summed E-state index contributed by atoms with van der Waals surface area (Å²) in [6, 6.07) is 0.619. The zero-order valence-electron chi connectivity index (χ0n) is 11.1. The van der Waals surface area contributed by atoms with E-state index in [2.05, 4.69) is 0 Å². The molecule has 1 unspecified atom stereocenters. The molecule has 20 heavy (non-hydrogen) atoms. The van der Waals surface area contributed by atoms with Crippen LogP contribution in [0.3, 0.4) is 0 Å². The Kier molecular flexibility index (Phi) is 4.99. The lowest BCUT2D eigenvalue weighted by molar-refractivity contribution is -0.359. The molecular formula is C10H14F9Si. The molecule has 0 nitrogen and oxygen atoms in total. The lowest BCUT2D eigenvalue weighted by Gasteiger charge is -2.42. The highest BCUT2D eigenvalue weighted by molar-refractivity contribution is 6.83. The number of hydrogen-bond acceptors (Lipinski definition) is 0. The zero-order chi connectivity index (χ0) is 16.8. The summed E-state index contributed by atoms with van der Waals surface area (Å²) in [7, 11) is -4.41. The van der Waals surface area contributed by atoms with Crippen LogP contribution in [-0.2, 0) is 0 Å². The summed E-state index contributed by atoms with van der Waals surface area (Å²) in [5.41, 5.74) is -5.38. The van der Waals surface area contributed by atoms with Crippen molar-refractivity contribution in [2.45, 2.75) is 56.4 Å². The average molecular weight is 333 g/mol. The van der Waals surface area contributed by atoms with Crippen molar-refractivity contribution in [1.82, 2.24) is 0 Å². The highest BCUT2D eigenvalue weighted by Crippen LogP contribution is 2.56. The first-order chi connectivity index (χ1) is 8.50. The first-order valence-electron chi connectivity index (χ1n) is 5.46. The van der Waals surface area contributed by atoms with Gasteiger partial charge in [-0.3, -0.25) is 0 Å². The maximum Gasteiger partial charge on any atom is 0.380 e. The molecule has 0 N–H and O–H groups in total. The molecule has 0 aliphatic heterocycles. The van der Waals surface area contributed by atoms with Gasteiger partial charge in [0.25, 0.3) is 5.55 Å². The third kappa shape index (κ3) is 2.43. The minimum Gasteiger partial charge on any atom is -0.241 e. The summed E-state index contributed by atoms with van der Waals surface area (Å²) in [6.45, 7) is 2.09. The Morgan fingerprint density at radius 1 is 0.850 bits per heavy atom. The van der Waals surface area contributed by atoms with E-state index in [1.165, 1.54) is 0 Å². The second-order valence-electron chi connectivity index (χ2n) is 4.97. The molecule has 0 bridgehead atoms. The Morgan fingerprint density at radius 3 is 1.45 bits per heavy atom. The van der Waals surface area contributed by atoms with Gasteiger partial charge in [-0.25, -0.2) is 13.2 Å². The molecule has 0 saturated carbocycles. The second-order valence-corrected chi connectivity index (χ2v) is 9.62. The third-order valence-electron chi connectivity index (χ3n) is 3.24. The van der Waals surface area contributed by atoms with Crippen LogP contribution < -0.4 is 0 Å². The molecule has 0 aliphatic carbocycles. The topological polar surface area (TPSA) is 0 Å². The lowest BCUT2D eigenvalue weighted by Crippen LogP contribution is -2.70. The molecule has 1 radical (unpaired) electrons. The molecule has 0 spiro atoms. The molecule has 0 aromatic rings. The molecule has 0 fully saturated rings. The fourth-order valence-electron chi connectivity index (χ4n) is 1.24. The zero-order valence-corrected chi connectivity index (χ0v) is 12.1. The van der Waals surface area contributed by atoms with E-state index in [4.69, 9.17) is 0 Å². The third-order valence-corrected chi connectivity index (χ3v) is 6.61. The van der Waals surface area contributed by atoms with Gasteiger partial charge < -0.3 is 0 Å². The van der Waals surface area contributed by atoms with Crippen LogP contribution in [0.1, 0.15) is 13.8 Å². The van der Waals surface area contributed by atoms with Crippen LogP contribution >= 0.6 is 0 Å². The van der Waals surface area contributed by atoms with Gasteiger partial charge in [-0.2, -0.15) is 26.3 Å². The Labute approximate surface area is 111 Å². The summed E-state index contributed by atoms with van der Waals surface area (Å²) in [5, 5.41) is 0. The standard InChI is InChI=1S/C10H14F9Si/c1-5-20(3,4)10(18,19)9(16,17)8(14,15)7(12,13)6(2)11/h5-6H,1-4H3. The molecule has 10 heteroatoms. The first-order valence-corrected chi connectivity index (χ1v) is 8.54. The summed E-state index contributed by atoms with van der Waals surface area (Å²) < 4.78 is 119. The van der Waals surface area contributed by atoms with Gasteiger partial charge in [-0.15, -0.1) is 0 Å². The fourth-order valence-corrected chi connectivity index (χ4v) is 2.57. The van der Waals surface area contributed by atoms with Gasteiger partial charge in [0.15, 0.2) is 6.17 Å². The number of halogens is 9. The number of rotatable bonds is 6. The van der Waals surface area contributed by atoms with E-state index in [0.29, 0.717) is 19.1 Å². The molecule has 0 amide bonds. The van der Waals surface area contributed by atoms with Gasteiger partial charge in [-0.05, 0) is 13.0 Å². The van der Waals surface area contributed by atoms with Crippen molar-refractivity contribution < 1.29 is 39.5 Å². The van der Waals surface area contributed by atoms with Crippen LogP contribution in [0.2, 0.25) is 13.1 Å². The molecule has 121 valence electrons. The monoisotopic (exact) mass is 333 g/mol. The quantitative estimate of drug-likeness (QED) is 0.479. The van der Waals surface area contributed by atoms with Crippen LogP contribution in [-0.4, -0.2) is 37.6 Å². The van der Waals surface area contributed by atoms with Crippen LogP contribution in [0, 0.1) is 6.04 Å². The van der Waals surface area contributed by atoms with Crippen molar-refractivity contribution in [3.05, 3.63) is 6.04 Å². The predicted molar refractivity (Wildman–Crippen MR) is 57.8 cm³/mol. The molecule has 0 aliphatic rings. The summed E-state index contributed by atoms with van der Waals surface area (Å²) in [6.07, 6.45) is -3.71. The molecule has 0 saturated heterocycles. The second kappa shape index (κ2) is 5.10. The van der Waals surface area contributed by atoms with Gasteiger partial charge in [0, 0.05) is 0 Å². The smallest absolute Gasteiger partial charge is 0.241 e. The SMILES string of the molecule is C[CH][Si](C)(C)C(F)(F)C(F)(F)C(F)(F)C(F)(F)C(C)F. The summed E-state index contributed by atoms with van der Waals surface area (Å²) >= 11 is 0. The van der Waals surface area contributed by atoms with Crippen LogP contribution in [0.5, 0.6) is 0 Å². The van der Waals surface area contributed by atoms with Crippen LogP contribution in [0.4, 0.5) is 39.5 Å². The lowest BCUT2D eigenvalue weighted by atomic mass is 10.0. The average Bonchev–Trinajstić information content (AvgIpc) is 2.27. The largest absolute Gasteiger partial charge is 0.380 e. The van der Waals surface area contributed by atoms with E-state index in [1.807, 2.05) is 0 Å².